The van der Waals surface area contributed by atoms with Crippen LogP contribution in [0.1, 0.15) is 36.3 Å². The Morgan fingerprint density at radius 1 is 0.882 bits per heavy atom. The van der Waals surface area contributed by atoms with E-state index in [1.54, 1.807) is 12.0 Å². The van der Waals surface area contributed by atoms with Crippen molar-refractivity contribution in [1.29, 1.82) is 0 Å². The van der Waals surface area contributed by atoms with Gasteiger partial charge in [-0.3, -0.25) is 14.5 Å². The lowest BCUT2D eigenvalue weighted by Gasteiger charge is -2.51. The van der Waals surface area contributed by atoms with Crippen molar-refractivity contribution in [1.82, 2.24) is 9.80 Å². The van der Waals surface area contributed by atoms with E-state index in [9.17, 15) is 9.59 Å². The van der Waals surface area contributed by atoms with Crippen molar-refractivity contribution in [2.24, 2.45) is 41.4 Å². The second-order valence-electron chi connectivity index (χ2n) is 11.4. The molecule has 3 fully saturated rings. The summed E-state index contributed by atoms with van der Waals surface area (Å²) in [4.78, 5) is 30.7. The minimum atomic E-state index is -0.106. The summed E-state index contributed by atoms with van der Waals surface area (Å²) >= 11 is 0. The zero-order valence-electron chi connectivity index (χ0n) is 19.9. The summed E-state index contributed by atoms with van der Waals surface area (Å²) in [5.41, 5.74) is 2.90. The maximum atomic E-state index is 13.2. The van der Waals surface area contributed by atoms with Crippen LogP contribution in [0.5, 0.6) is 5.75 Å². The number of carbonyl (C=O) groups excluding carboxylic acids is 2. The number of ether oxygens (including phenoxy) is 1. The van der Waals surface area contributed by atoms with Crippen LogP contribution in [-0.4, -0.2) is 54.9 Å². The van der Waals surface area contributed by atoms with Crippen LogP contribution < -0.4 is 4.74 Å². The molecule has 5 aliphatic carbocycles. The lowest BCUT2D eigenvalue weighted by atomic mass is 9.50. The van der Waals surface area contributed by atoms with E-state index in [2.05, 4.69) is 47.4 Å². The van der Waals surface area contributed by atoms with E-state index in [4.69, 9.17) is 4.74 Å². The number of allylic oxidation sites excluding steroid dienone is 4. The van der Waals surface area contributed by atoms with E-state index in [1.165, 1.54) is 17.5 Å². The van der Waals surface area contributed by atoms with Crippen molar-refractivity contribution in [2.45, 2.75) is 31.6 Å². The number of aryl methyl sites for hydroxylation is 1. The molecule has 0 N–H and O–H groups in total. The van der Waals surface area contributed by atoms with E-state index in [-0.39, 0.29) is 35.5 Å². The van der Waals surface area contributed by atoms with Crippen molar-refractivity contribution < 1.29 is 14.3 Å². The van der Waals surface area contributed by atoms with E-state index in [0.29, 0.717) is 30.2 Å². The molecule has 2 saturated heterocycles. The summed E-state index contributed by atoms with van der Waals surface area (Å²) in [6, 6.07) is 6.49. The van der Waals surface area contributed by atoms with Gasteiger partial charge in [-0.05, 0) is 73.4 Å². The average Bonchev–Trinajstić information content (AvgIpc) is 3.36. The van der Waals surface area contributed by atoms with Gasteiger partial charge in [0.15, 0.2) is 0 Å². The van der Waals surface area contributed by atoms with E-state index >= 15 is 0 Å². The van der Waals surface area contributed by atoms with Gasteiger partial charge in [-0.1, -0.05) is 36.4 Å². The predicted molar refractivity (Wildman–Crippen MR) is 129 cm³/mol. The molecule has 0 spiro atoms. The number of hydrogen-bond acceptors (Lipinski definition) is 4. The number of likely N-dealkylation sites (tertiary alicyclic amines) is 2. The van der Waals surface area contributed by atoms with Crippen LogP contribution in [0.15, 0.2) is 42.5 Å². The summed E-state index contributed by atoms with van der Waals surface area (Å²) in [7, 11) is 1.78. The second kappa shape index (κ2) is 7.81. The molecule has 6 unspecified atom stereocenters. The Balaban J connectivity index is 0.957. The van der Waals surface area contributed by atoms with Gasteiger partial charge in [-0.25, -0.2) is 0 Å². The minimum Gasteiger partial charge on any atom is -0.496 e. The summed E-state index contributed by atoms with van der Waals surface area (Å²) in [6.07, 6.45) is 13.3. The van der Waals surface area contributed by atoms with Gasteiger partial charge in [0, 0.05) is 31.1 Å². The first kappa shape index (κ1) is 20.9. The largest absolute Gasteiger partial charge is 0.496 e. The molecule has 8 rings (SSSR count). The Labute approximate surface area is 201 Å². The van der Waals surface area contributed by atoms with Gasteiger partial charge in [0.2, 0.25) is 11.8 Å². The first-order valence-electron chi connectivity index (χ1n) is 13.3. The number of nitrogens with zero attached hydrogens (tertiary/aromatic N) is 2. The normalized spacial score (nSPS) is 39.0. The van der Waals surface area contributed by atoms with Crippen LogP contribution in [0, 0.1) is 41.4 Å². The van der Waals surface area contributed by atoms with Crippen molar-refractivity contribution in [3.05, 3.63) is 53.6 Å². The number of fused-ring (bicyclic) bond motifs is 3. The highest BCUT2D eigenvalue weighted by Gasteiger charge is 2.62. The summed E-state index contributed by atoms with van der Waals surface area (Å²) in [6.45, 7) is 3.87. The predicted octanol–water partition coefficient (Wildman–Crippen LogP) is 3.66. The van der Waals surface area contributed by atoms with Gasteiger partial charge in [0.1, 0.15) is 5.75 Å². The van der Waals surface area contributed by atoms with Gasteiger partial charge in [0.05, 0.1) is 18.9 Å². The van der Waals surface area contributed by atoms with Gasteiger partial charge < -0.3 is 9.64 Å². The Morgan fingerprint density at radius 3 is 2.24 bits per heavy atom. The fourth-order valence-electron chi connectivity index (χ4n) is 8.29. The summed E-state index contributed by atoms with van der Waals surface area (Å²) in [5.74, 6) is 3.75. The quantitative estimate of drug-likeness (QED) is 0.371. The van der Waals surface area contributed by atoms with Crippen LogP contribution in [-0.2, 0) is 16.0 Å². The lowest BCUT2D eigenvalue weighted by Crippen LogP contribution is -2.50. The van der Waals surface area contributed by atoms with Gasteiger partial charge in [-0.15, -0.1) is 0 Å². The monoisotopic (exact) mass is 458 g/mol. The molecule has 0 aromatic heterocycles. The molecule has 2 heterocycles. The third-order valence-corrected chi connectivity index (χ3v) is 9.92. The SMILES string of the molecule is COc1cccc2c1[C@@H]1CN(CCCCN3C(=O)C4C5C=CC(C6C=CC65)C4C3=O)C[C@H]1CC2. The number of imide groups is 1. The van der Waals surface area contributed by atoms with Crippen molar-refractivity contribution in [2.75, 3.05) is 33.3 Å². The first-order valence-corrected chi connectivity index (χ1v) is 13.3. The molecule has 1 aromatic rings. The van der Waals surface area contributed by atoms with Gasteiger partial charge in [0.25, 0.3) is 0 Å². The molecule has 2 amide bonds. The Bertz CT molecular complexity index is 1040. The summed E-state index contributed by atoms with van der Waals surface area (Å²) < 4.78 is 5.71. The third kappa shape index (κ3) is 2.89. The van der Waals surface area contributed by atoms with Gasteiger partial charge in [-0.2, -0.15) is 0 Å². The van der Waals surface area contributed by atoms with Crippen molar-refractivity contribution in [3.63, 3.8) is 0 Å². The Kier molecular flexibility index (Phi) is 4.81. The number of unbranched alkanes of at least 4 members (excludes halogenated alkanes) is 1. The Hall–Kier alpha value is -2.40. The molecule has 0 radical (unpaired) electrons. The van der Waals surface area contributed by atoms with E-state index < -0.39 is 0 Å². The molecule has 1 aromatic carbocycles. The van der Waals surface area contributed by atoms with Crippen LogP contribution in [0.4, 0.5) is 0 Å². The maximum Gasteiger partial charge on any atom is 0.233 e. The molecular formula is C29H34N2O3. The highest BCUT2D eigenvalue weighted by molar-refractivity contribution is 6.06. The molecular weight excluding hydrogens is 424 g/mol. The Morgan fingerprint density at radius 2 is 1.56 bits per heavy atom. The summed E-state index contributed by atoms with van der Waals surface area (Å²) in [5, 5.41) is 0. The molecule has 7 aliphatic rings. The van der Waals surface area contributed by atoms with Gasteiger partial charge >= 0.3 is 0 Å². The molecule has 178 valence electrons. The van der Waals surface area contributed by atoms with E-state index in [1.807, 2.05) is 0 Å². The molecule has 34 heavy (non-hydrogen) atoms. The fraction of sp³-hybridized carbons (Fsp3) is 0.586. The molecule has 2 bridgehead atoms. The number of amides is 2. The molecule has 5 heteroatoms. The fourth-order valence-corrected chi connectivity index (χ4v) is 8.29. The highest BCUT2D eigenvalue weighted by atomic mass is 16.5. The highest BCUT2D eigenvalue weighted by Crippen LogP contribution is 2.58. The van der Waals surface area contributed by atoms with Crippen LogP contribution in [0.3, 0.4) is 0 Å². The van der Waals surface area contributed by atoms with Crippen molar-refractivity contribution >= 4 is 11.8 Å². The van der Waals surface area contributed by atoms with E-state index in [0.717, 1.165) is 44.6 Å². The number of rotatable bonds is 6. The average molecular weight is 459 g/mol. The molecule has 2 aliphatic heterocycles. The van der Waals surface area contributed by atoms with Crippen molar-refractivity contribution in [3.8, 4) is 5.75 Å². The molecule has 8 atom stereocenters. The molecule has 5 nitrogen and oxygen atoms in total. The molecule has 1 saturated carbocycles. The lowest BCUT2D eigenvalue weighted by molar-refractivity contribution is -0.140. The topological polar surface area (TPSA) is 49.9 Å². The zero-order chi connectivity index (χ0) is 23.0. The van der Waals surface area contributed by atoms with Crippen LogP contribution >= 0.6 is 0 Å². The number of methoxy groups -OCH3 is 1. The van der Waals surface area contributed by atoms with Crippen LogP contribution in [0.2, 0.25) is 0 Å². The number of carbonyl (C=O) groups is 2. The number of hydrogen-bond donors (Lipinski definition) is 0. The number of benzene rings is 1. The zero-order valence-corrected chi connectivity index (χ0v) is 19.9. The minimum absolute atomic E-state index is 0.101. The standard InChI is InChI=1S/C29H34N2O3/c1-34-24-6-4-5-17-7-8-18-15-30(16-23(18)25(17)24)13-2-3-14-31-28(32)26-21-11-12-22(27(26)29(31)33)20-10-9-19(20)21/h4-6,9-12,18-23,26-27H,2-3,7-8,13-16H2,1H3/t18-,19?,20?,21?,22?,23-,26?,27?/m1/s1. The second-order valence-corrected chi connectivity index (χ2v) is 11.4. The third-order valence-electron chi connectivity index (χ3n) is 9.92. The van der Waals surface area contributed by atoms with Crippen LogP contribution in [0.25, 0.3) is 0 Å². The first-order chi connectivity index (χ1) is 16.7. The maximum absolute atomic E-state index is 13.2. The smallest absolute Gasteiger partial charge is 0.233 e.